The lowest BCUT2D eigenvalue weighted by molar-refractivity contribution is -0.227. The van der Waals surface area contributed by atoms with E-state index in [1.165, 1.54) is 7.05 Å². The van der Waals surface area contributed by atoms with Crippen molar-refractivity contribution in [3.05, 3.63) is 0 Å². The highest BCUT2D eigenvalue weighted by Crippen LogP contribution is 2.45. The van der Waals surface area contributed by atoms with Gasteiger partial charge < -0.3 is 14.9 Å². The Kier molecular flexibility index (Phi) is 4.71. The number of nitrogens with zero attached hydrogens (tertiary/aromatic N) is 3. The number of alkyl halides is 3. The first-order valence-corrected chi connectivity index (χ1v) is 6.25. The van der Waals surface area contributed by atoms with E-state index in [0.29, 0.717) is 0 Å². The number of hydrogen-bond acceptors (Lipinski definition) is 3. The number of carbonyl (C=O) groups excluding carboxylic acids is 1. The van der Waals surface area contributed by atoms with E-state index in [1.807, 2.05) is 6.07 Å². The molecule has 1 aliphatic heterocycles. The van der Waals surface area contributed by atoms with Crippen LogP contribution in [0.25, 0.3) is 0 Å². The van der Waals surface area contributed by atoms with Crippen LogP contribution < -0.4 is 0 Å². The van der Waals surface area contributed by atoms with Crippen LogP contribution in [0.15, 0.2) is 0 Å². The summed E-state index contributed by atoms with van der Waals surface area (Å²) >= 11 is 0. The number of urea groups is 1. The van der Waals surface area contributed by atoms with Crippen LogP contribution in [0.4, 0.5) is 18.0 Å². The number of amides is 2. The van der Waals surface area contributed by atoms with E-state index in [1.54, 1.807) is 6.92 Å². The van der Waals surface area contributed by atoms with Gasteiger partial charge in [-0.05, 0) is 13.3 Å². The summed E-state index contributed by atoms with van der Waals surface area (Å²) < 4.78 is 39.0. The minimum Gasteiger partial charge on any atom is -0.481 e. The van der Waals surface area contributed by atoms with E-state index < -0.39 is 42.6 Å². The van der Waals surface area contributed by atoms with Crippen molar-refractivity contribution in [3.8, 4) is 6.07 Å². The molecule has 1 aliphatic rings. The fourth-order valence-corrected chi connectivity index (χ4v) is 2.18. The molecular formula is C12H16F3N3O3. The maximum Gasteiger partial charge on any atom is 0.406 e. The maximum absolute atomic E-state index is 13.0. The number of carboxylic acids is 1. The van der Waals surface area contributed by atoms with Gasteiger partial charge in [0.25, 0.3) is 0 Å². The summed E-state index contributed by atoms with van der Waals surface area (Å²) in [6.07, 6.45) is -5.55. The minimum absolute atomic E-state index is 0.0411. The van der Waals surface area contributed by atoms with Crippen molar-refractivity contribution in [3.63, 3.8) is 0 Å². The van der Waals surface area contributed by atoms with Crippen molar-refractivity contribution >= 4 is 12.0 Å². The summed E-state index contributed by atoms with van der Waals surface area (Å²) in [6.45, 7) is 0.397. The molecule has 2 amide bonds. The molecule has 1 rings (SSSR count). The predicted octanol–water partition coefficient (Wildman–Crippen LogP) is 1.68. The van der Waals surface area contributed by atoms with E-state index in [4.69, 9.17) is 10.4 Å². The van der Waals surface area contributed by atoms with Gasteiger partial charge in [0.15, 0.2) is 5.41 Å². The maximum atomic E-state index is 13.0. The molecule has 0 bridgehead atoms. The predicted molar refractivity (Wildman–Crippen MR) is 65.2 cm³/mol. The van der Waals surface area contributed by atoms with Crippen molar-refractivity contribution in [1.82, 2.24) is 9.80 Å². The molecule has 0 aromatic rings. The van der Waals surface area contributed by atoms with Gasteiger partial charge in [-0.25, -0.2) is 4.79 Å². The van der Waals surface area contributed by atoms with E-state index in [-0.39, 0.29) is 13.0 Å². The zero-order valence-electron chi connectivity index (χ0n) is 11.6. The Morgan fingerprint density at radius 1 is 1.52 bits per heavy atom. The molecule has 0 radical (unpaired) electrons. The third kappa shape index (κ3) is 3.04. The molecular weight excluding hydrogens is 291 g/mol. The Hall–Kier alpha value is -1.98. The number of halogens is 3. The van der Waals surface area contributed by atoms with Crippen LogP contribution in [-0.2, 0) is 4.79 Å². The first-order valence-electron chi connectivity index (χ1n) is 6.25. The number of hydrogen-bond donors (Lipinski definition) is 1. The fourth-order valence-electron chi connectivity index (χ4n) is 2.18. The summed E-state index contributed by atoms with van der Waals surface area (Å²) in [4.78, 5) is 25.1. The summed E-state index contributed by atoms with van der Waals surface area (Å²) in [7, 11) is 1.37. The lowest BCUT2D eigenvalue weighted by Crippen LogP contribution is -2.50. The van der Waals surface area contributed by atoms with Crippen molar-refractivity contribution in [2.24, 2.45) is 5.41 Å². The Balaban J connectivity index is 2.89. The van der Waals surface area contributed by atoms with Gasteiger partial charge in [0.05, 0.1) is 12.5 Å². The lowest BCUT2D eigenvalue weighted by atomic mass is 9.86. The highest BCUT2D eigenvalue weighted by Gasteiger charge is 2.64. The monoisotopic (exact) mass is 307 g/mol. The van der Waals surface area contributed by atoms with Gasteiger partial charge in [0, 0.05) is 26.2 Å². The number of rotatable bonds is 3. The lowest BCUT2D eigenvalue weighted by Gasteiger charge is -2.30. The van der Waals surface area contributed by atoms with E-state index >= 15 is 0 Å². The van der Waals surface area contributed by atoms with Crippen LogP contribution >= 0.6 is 0 Å². The highest BCUT2D eigenvalue weighted by molar-refractivity contribution is 5.80. The molecule has 1 fully saturated rings. The number of aliphatic carboxylic acids is 1. The Morgan fingerprint density at radius 2 is 2.10 bits per heavy atom. The molecule has 0 aromatic heterocycles. The fraction of sp³-hybridized carbons (Fsp3) is 0.750. The van der Waals surface area contributed by atoms with Gasteiger partial charge >= 0.3 is 18.2 Å². The van der Waals surface area contributed by atoms with Gasteiger partial charge in [-0.1, -0.05) is 0 Å². The molecule has 1 heterocycles. The summed E-state index contributed by atoms with van der Waals surface area (Å²) in [5.41, 5.74) is -2.91. The molecule has 21 heavy (non-hydrogen) atoms. The Morgan fingerprint density at radius 3 is 2.48 bits per heavy atom. The van der Waals surface area contributed by atoms with Gasteiger partial charge in [0.2, 0.25) is 0 Å². The normalized spacial score (nSPS) is 23.5. The molecule has 9 heteroatoms. The van der Waals surface area contributed by atoms with E-state index in [9.17, 15) is 22.8 Å². The smallest absolute Gasteiger partial charge is 0.406 e. The zero-order chi connectivity index (χ0) is 16.4. The van der Waals surface area contributed by atoms with E-state index in [2.05, 4.69) is 0 Å². The standard InChI is InChI=1S/C12H16F3N3O3/c1-8(3-5-16)17(2)10(21)18-6-4-11(7-18,9(19)20)12(13,14)15/h8H,3-4,6-7H2,1-2H3,(H,19,20). The molecule has 2 atom stereocenters. The third-order valence-corrected chi connectivity index (χ3v) is 3.84. The van der Waals surface area contributed by atoms with Crippen molar-refractivity contribution in [2.75, 3.05) is 20.1 Å². The average Bonchev–Trinajstić information content (AvgIpc) is 2.83. The third-order valence-electron chi connectivity index (χ3n) is 3.84. The molecule has 1 saturated heterocycles. The molecule has 0 aliphatic carbocycles. The van der Waals surface area contributed by atoms with Crippen molar-refractivity contribution < 1.29 is 27.9 Å². The zero-order valence-corrected chi connectivity index (χ0v) is 11.6. The quantitative estimate of drug-likeness (QED) is 0.859. The van der Waals surface area contributed by atoms with Crippen LogP contribution in [0.5, 0.6) is 0 Å². The van der Waals surface area contributed by atoms with Crippen LogP contribution in [0.1, 0.15) is 19.8 Å². The minimum atomic E-state index is -4.93. The Bertz CT molecular complexity index is 475. The Labute approximate surface area is 119 Å². The highest BCUT2D eigenvalue weighted by atomic mass is 19.4. The molecule has 0 spiro atoms. The van der Waals surface area contributed by atoms with Gasteiger partial charge in [0.1, 0.15) is 0 Å². The number of likely N-dealkylation sites (tertiary alicyclic amines) is 1. The molecule has 1 N–H and O–H groups in total. The molecule has 118 valence electrons. The second kappa shape index (κ2) is 5.79. The van der Waals surface area contributed by atoms with Crippen molar-refractivity contribution in [2.45, 2.75) is 32.0 Å². The van der Waals surface area contributed by atoms with Gasteiger partial charge in [-0.2, -0.15) is 18.4 Å². The van der Waals surface area contributed by atoms with Gasteiger partial charge in [-0.3, -0.25) is 4.79 Å². The molecule has 0 aromatic carbocycles. The summed E-state index contributed by atoms with van der Waals surface area (Å²) in [5.74, 6) is -1.97. The van der Waals surface area contributed by atoms with Crippen molar-refractivity contribution in [1.29, 1.82) is 5.26 Å². The second-order valence-corrected chi connectivity index (χ2v) is 5.16. The van der Waals surface area contributed by atoms with Gasteiger partial charge in [-0.15, -0.1) is 0 Å². The topological polar surface area (TPSA) is 84.6 Å². The van der Waals surface area contributed by atoms with Crippen LogP contribution in [0.3, 0.4) is 0 Å². The summed E-state index contributed by atoms with van der Waals surface area (Å²) in [6, 6.07) is 0.698. The first kappa shape index (κ1) is 17.1. The second-order valence-electron chi connectivity index (χ2n) is 5.16. The van der Waals surface area contributed by atoms with Crippen LogP contribution in [-0.4, -0.2) is 59.3 Å². The molecule has 0 saturated carbocycles. The SMILES string of the molecule is CC(CC#N)N(C)C(=O)N1CCC(C(=O)O)(C(F)(F)F)C1. The number of nitriles is 1. The first-order chi connectivity index (χ1) is 9.56. The van der Waals surface area contributed by atoms with E-state index in [0.717, 1.165) is 9.80 Å². The molecule has 2 unspecified atom stereocenters. The van der Waals surface area contributed by atoms with Crippen LogP contribution in [0, 0.1) is 16.7 Å². The number of carboxylic acid groups (broad SMARTS) is 1. The van der Waals surface area contributed by atoms with Crippen LogP contribution in [0.2, 0.25) is 0 Å². The largest absolute Gasteiger partial charge is 0.481 e. The molecule has 6 nitrogen and oxygen atoms in total. The average molecular weight is 307 g/mol. The number of carbonyl (C=O) groups is 2. The summed E-state index contributed by atoms with van der Waals surface area (Å²) in [5, 5.41) is 17.5.